The van der Waals surface area contributed by atoms with Gasteiger partial charge >= 0.3 is 0 Å². The highest BCUT2D eigenvalue weighted by Gasteiger charge is 2.28. The van der Waals surface area contributed by atoms with Crippen LogP contribution in [0.2, 0.25) is 0 Å². The van der Waals surface area contributed by atoms with E-state index >= 15 is 0 Å². The fourth-order valence-corrected chi connectivity index (χ4v) is 4.95. The molecule has 0 aliphatic carbocycles. The first kappa shape index (κ1) is 19.8. The minimum absolute atomic E-state index is 0. The first-order chi connectivity index (χ1) is 9.96. The molecule has 0 aromatic heterocycles. The topological polar surface area (TPSA) is 105 Å². The van der Waals surface area contributed by atoms with Crippen LogP contribution in [0.1, 0.15) is 12.8 Å². The van der Waals surface area contributed by atoms with Gasteiger partial charge in [0.25, 0.3) is 0 Å². The van der Waals surface area contributed by atoms with Crippen molar-refractivity contribution in [2.24, 2.45) is 10.7 Å². The van der Waals surface area contributed by atoms with Gasteiger partial charge in [0.15, 0.2) is 15.8 Å². The first-order valence-electron chi connectivity index (χ1n) is 7.09. The molecule has 1 amide bonds. The second-order valence-corrected chi connectivity index (χ2v) is 8.71. The van der Waals surface area contributed by atoms with E-state index in [1.165, 1.54) is 0 Å². The number of hydrogen-bond acceptors (Lipinski definition) is 5. The SMILES string of the molecule is I.NC(=NCCC(=O)NC1CCS(=O)(=O)C1)N1CCSCC1. The van der Waals surface area contributed by atoms with E-state index < -0.39 is 9.84 Å². The fraction of sp³-hybridized carbons (Fsp3) is 0.833. The van der Waals surface area contributed by atoms with E-state index in [1.807, 2.05) is 16.7 Å². The highest BCUT2D eigenvalue weighted by molar-refractivity contribution is 14.0. The largest absolute Gasteiger partial charge is 0.370 e. The maximum Gasteiger partial charge on any atom is 0.222 e. The highest BCUT2D eigenvalue weighted by Crippen LogP contribution is 2.11. The molecule has 0 saturated carbocycles. The Labute approximate surface area is 152 Å². The van der Waals surface area contributed by atoms with Gasteiger partial charge in [-0.05, 0) is 6.42 Å². The van der Waals surface area contributed by atoms with Crippen molar-refractivity contribution in [3.63, 3.8) is 0 Å². The molecule has 10 heteroatoms. The number of carbonyl (C=O) groups excluding carboxylic acids is 1. The lowest BCUT2D eigenvalue weighted by molar-refractivity contribution is -0.121. The average Bonchev–Trinajstić information content (AvgIpc) is 2.78. The van der Waals surface area contributed by atoms with Gasteiger partial charge in [-0.1, -0.05) is 0 Å². The summed E-state index contributed by atoms with van der Waals surface area (Å²) in [6.07, 6.45) is 0.741. The van der Waals surface area contributed by atoms with E-state index in [2.05, 4.69) is 10.3 Å². The monoisotopic (exact) mass is 462 g/mol. The predicted octanol–water partition coefficient (Wildman–Crippen LogP) is -0.339. The maximum atomic E-state index is 11.7. The van der Waals surface area contributed by atoms with E-state index in [4.69, 9.17) is 5.73 Å². The number of nitrogens with zero attached hydrogens (tertiary/aromatic N) is 2. The summed E-state index contributed by atoms with van der Waals surface area (Å²) in [5, 5.41) is 2.74. The molecule has 2 heterocycles. The molecular formula is C12H23IN4O3S2. The minimum Gasteiger partial charge on any atom is -0.370 e. The normalized spacial score (nSPS) is 24.6. The van der Waals surface area contributed by atoms with Crippen LogP contribution in [0.25, 0.3) is 0 Å². The molecule has 7 nitrogen and oxygen atoms in total. The predicted molar refractivity (Wildman–Crippen MR) is 101 cm³/mol. The van der Waals surface area contributed by atoms with Crippen molar-refractivity contribution in [3.05, 3.63) is 0 Å². The lowest BCUT2D eigenvalue weighted by atomic mass is 10.2. The van der Waals surface area contributed by atoms with Gasteiger partial charge in [-0.2, -0.15) is 11.8 Å². The zero-order chi connectivity index (χ0) is 15.3. The molecule has 0 radical (unpaired) electrons. The Morgan fingerprint density at radius 3 is 2.64 bits per heavy atom. The van der Waals surface area contributed by atoms with Crippen molar-refractivity contribution in [1.29, 1.82) is 0 Å². The van der Waals surface area contributed by atoms with E-state index in [1.54, 1.807) is 0 Å². The summed E-state index contributed by atoms with van der Waals surface area (Å²) in [5.41, 5.74) is 5.89. The van der Waals surface area contributed by atoms with E-state index in [0.29, 0.717) is 18.9 Å². The third-order valence-corrected chi connectivity index (χ3v) is 6.26. The summed E-state index contributed by atoms with van der Waals surface area (Å²) < 4.78 is 22.6. The number of rotatable bonds is 4. The smallest absolute Gasteiger partial charge is 0.222 e. The van der Waals surface area contributed by atoms with Gasteiger partial charge in [0.1, 0.15) is 0 Å². The number of guanidine groups is 1. The Balaban J connectivity index is 0.00000242. The molecule has 1 unspecified atom stereocenters. The molecule has 2 rings (SSSR count). The summed E-state index contributed by atoms with van der Waals surface area (Å²) in [7, 11) is -2.96. The number of halogens is 1. The Kier molecular flexibility index (Phi) is 8.25. The van der Waals surface area contributed by atoms with Crippen LogP contribution in [0.15, 0.2) is 4.99 Å². The quantitative estimate of drug-likeness (QED) is 0.337. The zero-order valence-corrected chi connectivity index (χ0v) is 16.3. The van der Waals surface area contributed by atoms with E-state index in [0.717, 1.165) is 24.6 Å². The van der Waals surface area contributed by atoms with Crippen LogP contribution < -0.4 is 11.1 Å². The van der Waals surface area contributed by atoms with Crippen molar-refractivity contribution >= 4 is 57.4 Å². The molecule has 3 N–H and O–H groups in total. The van der Waals surface area contributed by atoms with Gasteiger partial charge in [-0.15, -0.1) is 24.0 Å². The number of sulfone groups is 1. The second-order valence-electron chi connectivity index (χ2n) is 5.26. The van der Waals surface area contributed by atoms with Crippen molar-refractivity contribution in [1.82, 2.24) is 10.2 Å². The van der Waals surface area contributed by atoms with Gasteiger partial charge in [0.05, 0.1) is 18.1 Å². The average molecular weight is 462 g/mol. The number of nitrogens with one attached hydrogen (secondary N) is 1. The standard InChI is InChI=1S/C12H22N4O3S2.HI/c13-12(16-4-6-20-7-5-16)14-3-1-11(17)15-10-2-8-21(18,19)9-10;/h10H,1-9H2,(H2,13,14)(H,15,17);1H. The third kappa shape index (κ3) is 6.49. The third-order valence-electron chi connectivity index (χ3n) is 3.55. The molecule has 0 aromatic rings. The van der Waals surface area contributed by atoms with Crippen molar-refractivity contribution in [3.8, 4) is 0 Å². The zero-order valence-electron chi connectivity index (χ0n) is 12.4. The van der Waals surface area contributed by atoms with Crippen LogP contribution in [0, 0.1) is 0 Å². The summed E-state index contributed by atoms with van der Waals surface area (Å²) in [4.78, 5) is 18.0. The molecule has 0 spiro atoms. The second kappa shape index (κ2) is 9.16. The molecule has 2 aliphatic rings. The summed E-state index contributed by atoms with van der Waals surface area (Å²) in [6.45, 7) is 2.12. The van der Waals surface area contributed by atoms with Crippen molar-refractivity contribution in [2.75, 3.05) is 42.6 Å². The van der Waals surface area contributed by atoms with Gasteiger partial charge < -0.3 is 16.0 Å². The van der Waals surface area contributed by atoms with Crippen LogP contribution >= 0.6 is 35.7 Å². The first-order valence-corrected chi connectivity index (χ1v) is 10.1. The lowest BCUT2D eigenvalue weighted by Gasteiger charge is -2.27. The number of hydrogen-bond donors (Lipinski definition) is 2. The number of thioether (sulfide) groups is 1. The molecule has 22 heavy (non-hydrogen) atoms. The van der Waals surface area contributed by atoms with Crippen LogP contribution in [0.4, 0.5) is 0 Å². The number of carbonyl (C=O) groups is 1. The Hall–Kier alpha value is -0.230. The van der Waals surface area contributed by atoms with Gasteiger partial charge in [0, 0.05) is 37.1 Å². The number of amides is 1. The molecule has 128 valence electrons. The Morgan fingerprint density at radius 2 is 2.05 bits per heavy atom. The molecule has 0 bridgehead atoms. The number of nitrogens with two attached hydrogens (primary N) is 1. The lowest BCUT2D eigenvalue weighted by Crippen LogP contribution is -2.43. The van der Waals surface area contributed by atoms with E-state index in [-0.39, 0.29) is 53.9 Å². The maximum absolute atomic E-state index is 11.7. The molecule has 2 aliphatic heterocycles. The van der Waals surface area contributed by atoms with Gasteiger partial charge in [-0.25, -0.2) is 8.42 Å². The summed E-state index contributed by atoms with van der Waals surface area (Å²) in [5.74, 6) is 2.64. The highest BCUT2D eigenvalue weighted by atomic mass is 127. The van der Waals surface area contributed by atoms with Crippen LogP contribution in [0.5, 0.6) is 0 Å². The fourth-order valence-electron chi connectivity index (χ4n) is 2.37. The van der Waals surface area contributed by atoms with E-state index in [9.17, 15) is 13.2 Å². The van der Waals surface area contributed by atoms with Crippen LogP contribution in [0.3, 0.4) is 0 Å². The molecule has 2 fully saturated rings. The van der Waals surface area contributed by atoms with Crippen molar-refractivity contribution in [2.45, 2.75) is 18.9 Å². The number of aliphatic imine (C=N–C) groups is 1. The Morgan fingerprint density at radius 1 is 1.36 bits per heavy atom. The minimum atomic E-state index is -2.96. The van der Waals surface area contributed by atoms with Crippen molar-refractivity contribution < 1.29 is 13.2 Å². The van der Waals surface area contributed by atoms with Crippen LogP contribution in [-0.2, 0) is 14.6 Å². The molecular weight excluding hydrogens is 439 g/mol. The molecule has 2 saturated heterocycles. The Bertz CT molecular complexity index is 507. The molecule has 0 aromatic carbocycles. The summed E-state index contributed by atoms with van der Waals surface area (Å²) in [6, 6.07) is -0.247. The molecule has 1 atom stereocenters. The van der Waals surface area contributed by atoms with Crippen LogP contribution in [-0.4, -0.2) is 73.9 Å². The van der Waals surface area contributed by atoms with Gasteiger partial charge in [-0.3, -0.25) is 9.79 Å². The van der Waals surface area contributed by atoms with Gasteiger partial charge in [0.2, 0.25) is 5.91 Å². The summed E-state index contributed by atoms with van der Waals surface area (Å²) >= 11 is 1.90.